The van der Waals surface area contributed by atoms with Crippen molar-refractivity contribution in [2.45, 2.75) is 51.2 Å². The zero-order chi connectivity index (χ0) is 21.3. The first kappa shape index (κ1) is 19.6. The Kier molecular flexibility index (Phi) is 4.29. The van der Waals surface area contributed by atoms with Crippen LogP contribution in [0.5, 0.6) is 0 Å². The molecule has 2 aromatic heterocycles. The van der Waals surface area contributed by atoms with Crippen LogP contribution in [0.15, 0.2) is 34.2 Å². The molecule has 0 radical (unpaired) electrons. The number of carbonyl (C=O) groups is 1. The Morgan fingerprint density at radius 1 is 1.27 bits per heavy atom. The van der Waals surface area contributed by atoms with Crippen molar-refractivity contribution in [2.24, 2.45) is 23.8 Å². The van der Waals surface area contributed by atoms with E-state index in [1.165, 1.54) is 29.2 Å². The zero-order valence-electron chi connectivity index (χ0n) is 17.8. The summed E-state index contributed by atoms with van der Waals surface area (Å²) in [6, 6.07) is 7.65. The fourth-order valence-corrected chi connectivity index (χ4v) is 6.44. The number of nitrogens with zero attached hydrogens (tertiary/aromatic N) is 4. The molecule has 2 bridgehead atoms. The van der Waals surface area contributed by atoms with E-state index in [2.05, 4.69) is 36.3 Å². The summed E-state index contributed by atoms with van der Waals surface area (Å²) in [6.45, 7) is 7.03. The third kappa shape index (κ3) is 2.58. The van der Waals surface area contributed by atoms with E-state index in [1.54, 1.807) is 13.1 Å². The molecular formula is C22H27N5O2S. The van der Waals surface area contributed by atoms with Crippen molar-refractivity contribution in [3.8, 4) is 0 Å². The van der Waals surface area contributed by atoms with Crippen molar-refractivity contribution >= 4 is 34.3 Å². The summed E-state index contributed by atoms with van der Waals surface area (Å²) in [7, 11) is 1.69. The van der Waals surface area contributed by atoms with Gasteiger partial charge in [0, 0.05) is 13.1 Å². The minimum absolute atomic E-state index is 0.0282. The Balaban J connectivity index is 1.38. The van der Waals surface area contributed by atoms with E-state index >= 15 is 0 Å². The monoisotopic (exact) mass is 425 g/mol. The third-order valence-corrected chi connectivity index (χ3v) is 8.99. The first-order valence-corrected chi connectivity index (χ1v) is 11.5. The number of thioether (sulfide) groups is 1. The molecule has 2 aliphatic carbocycles. The SMILES string of the molecule is Cn1c(=O)c2ccccc2n2c(SCC(=O)NC3CC4CCC3(C)C4(C)C)nnc12. The Morgan fingerprint density at radius 3 is 2.73 bits per heavy atom. The fourth-order valence-electron chi connectivity index (χ4n) is 5.69. The summed E-state index contributed by atoms with van der Waals surface area (Å²) in [4.78, 5) is 25.4. The molecule has 2 saturated carbocycles. The van der Waals surface area contributed by atoms with Gasteiger partial charge < -0.3 is 5.32 Å². The van der Waals surface area contributed by atoms with Gasteiger partial charge >= 0.3 is 0 Å². The van der Waals surface area contributed by atoms with Crippen molar-refractivity contribution in [3.63, 3.8) is 0 Å². The lowest BCUT2D eigenvalue weighted by atomic mass is 9.69. The first-order chi connectivity index (χ1) is 14.2. The molecule has 7 nitrogen and oxygen atoms in total. The smallest absolute Gasteiger partial charge is 0.262 e. The summed E-state index contributed by atoms with van der Waals surface area (Å²) >= 11 is 1.36. The Labute approximate surface area is 179 Å². The molecular weight excluding hydrogens is 398 g/mol. The number of amides is 1. The maximum Gasteiger partial charge on any atom is 0.262 e. The first-order valence-electron chi connectivity index (χ1n) is 10.5. The lowest BCUT2D eigenvalue weighted by Gasteiger charge is -2.39. The molecule has 1 amide bonds. The van der Waals surface area contributed by atoms with Gasteiger partial charge in [-0.25, -0.2) is 0 Å². The van der Waals surface area contributed by atoms with Crippen LogP contribution in [0, 0.1) is 16.7 Å². The molecule has 2 fully saturated rings. The highest BCUT2D eigenvalue weighted by molar-refractivity contribution is 7.99. The van der Waals surface area contributed by atoms with Crippen molar-refractivity contribution in [3.05, 3.63) is 34.6 Å². The average molecular weight is 426 g/mol. The van der Waals surface area contributed by atoms with Crippen LogP contribution in [0.25, 0.3) is 16.7 Å². The second-order valence-electron chi connectivity index (χ2n) is 9.52. The van der Waals surface area contributed by atoms with Crippen LogP contribution in [-0.4, -0.2) is 36.9 Å². The molecule has 30 heavy (non-hydrogen) atoms. The number of aromatic nitrogens is 4. The number of para-hydroxylation sites is 1. The topological polar surface area (TPSA) is 81.3 Å². The lowest BCUT2D eigenvalue weighted by molar-refractivity contribution is -0.120. The molecule has 8 heteroatoms. The highest BCUT2D eigenvalue weighted by Gasteiger charge is 2.61. The highest BCUT2D eigenvalue weighted by atomic mass is 32.2. The maximum atomic E-state index is 12.8. The number of carbonyl (C=O) groups excluding carboxylic acids is 1. The van der Waals surface area contributed by atoms with Crippen LogP contribution >= 0.6 is 11.8 Å². The molecule has 2 aliphatic rings. The molecule has 158 valence electrons. The van der Waals surface area contributed by atoms with Crippen molar-refractivity contribution in [2.75, 3.05) is 5.75 Å². The van der Waals surface area contributed by atoms with E-state index in [1.807, 2.05) is 22.6 Å². The number of aryl methyl sites for hydroxylation is 1. The molecule has 0 aliphatic heterocycles. The van der Waals surface area contributed by atoms with Gasteiger partial charge in [-0.15, -0.1) is 10.2 Å². The number of fused-ring (bicyclic) bond motifs is 5. The number of hydrogen-bond donors (Lipinski definition) is 1. The molecule has 3 aromatic rings. The van der Waals surface area contributed by atoms with E-state index < -0.39 is 0 Å². The van der Waals surface area contributed by atoms with Gasteiger partial charge in [0.25, 0.3) is 5.56 Å². The number of hydrogen-bond acceptors (Lipinski definition) is 5. The molecule has 5 rings (SSSR count). The van der Waals surface area contributed by atoms with Crippen LogP contribution < -0.4 is 10.9 Å². The summed E-state index contributed by atoms with van der Waals surface area (Å²) < 4.78 is 3.36. The van der Waals surface area contributed by atoms with Crippen molar-refractivity contribution in [1.29, 1.82) is 0 Å². The molecule has 1 aromatic carbocycles. The Bertz CT molecular complexity index is 1230. The van der Waals surface area contributed by atoms with Gasteiger partial charge in [0.1, 0.15) is 0 Å². The molecule has 0 spiro atoms. The number of benzene rings is 1. The Morgan fingerprint density at radius 2 is 2.03 bits per heavy atom. The molecule has 0 saturated heterocycles. The maximum absolute atomic E-state index is 12.8. The van der Waals surface area contributed by atoms with E-state index in [-0.39, 0.29) is 34.1 Å². The van der Waals surface area contributed by atoms with Gasteiger partial charge in [-0.2, -0.15) is 0 Å². The van der Waals surface area contributed by atoms with Crippen LogP contribution in [0.2, 0.25) is 0 Å². The summed E-state index contributed by atoms with van der Waals surface area (Å²) in [5.74, 6) is 1.47. The normalized spacial score (nSPS) is 27.2. The average Bonchev–Trinajstić information content (AvgIpc) is 3.30. The third-order valence-electron chi connectivity index (χ3n) is 8.06. The van der Waals surface area contributed by atoms with Crippen molar-refractivity contribution < 1.29 is 4.79 Å². The lowest BCUT2D eigenvalue weighted by Crippen LogP contribution is -2.47. The summed E-state index contributed by atoms with van der Waals surface area (Å²) in [5.41, 5.74) is 1.08. The van der Waals surface area contributed by atoms with Crippen LogP contribution in [0.3, 0.4) is 0 Å². The minimum atomic E-state index is -0.105. The largest absolute Gasteiger partial charge is 0.352 e. The Hall–Kier alpha value is -2.35. The molecule has 3 atom stereocenters. The van der Waals surface area contributed by atoms with Gasteiger partial charge in [0.05, 0.1) is 16.7 Å². The summed E-state index contributed by atoms with van der Waals surface area (Å²) in [6.07, 6.45) is 3.51. The van der Waals surface area contributed by atoms with E-state index in [4.69, 9.17) is 0 Å². The van der Waals surface area contributed by atoms with Crippen LogP contribution in [-0.2, 0) is 11.8 Å². The van der Waals surface area contributed by atoms with Gasteiger partial charge in [0.2, 0.25) is 11.7 Å². The zero-order valence-corrected chi connectivity index (χ0v) is 18.6. The summed E-state index contributed by atoms with van der Waals surface area (Å²) in [5, 5.41) is 13.0. The fraction of sp³-hybridized carbons (Fsp3) is 0.545. The predicted octanol–water partition coefficient (Wildman–Crippen LogP) is 3.00. The predicted molar refractivity (Wildman–Crippen MR) is 118 cm³/mol. The van der Waals surface area contributed by atoms with Gasteiger partial charge in [-0.05, 0) is 48.1 Å². The van der Waals surface area contributed by atoms with Crippen molar-refractivity contribution in [1.82, 2.24) is 24.5 Å². The minimum Gasteiger partial charge on any atom is -0.352 e. The quantitative estimate of drug-likeness (QED) is 0.650. The number of nitrogens with one attached hydrogen (secondary N) is 1. The second-order valence-corrected chi connectivity index (χ2v) is 10.5. The molecule has 3 unspecified atom stereocenters. The van der Waals surface area contributed by atoms with E-state index in [9.17, 15) is 9.59 Å². The second kappa shape index (κ2) is 6.57. The number of rotatable bonds is 4. The van der Waals surface area contributed by atoms with Gasteiger partial charge in [-0.1, -0.05) is 44.7 Å². The highest BCUT2D eigenvalue weighted by Crippen LogP contribution is 2.65. The standard InChI is InChI=1S/C22H27N5O2S/c1-21(2)13-9-10-22(21,3)16(11-13)23-17(28)12-30-20-25-24-19-26(4)18(29)14-7-5-6-8-15(14)27(19)20/h5-8,13,16H,9-12H2,1-4H3,(H,23,28). The van der Waals surface area contributed by atoms with E-state index in [0.717, 1.165) is 11.9 Å². The van der Waals surface area contributed by atoms with Gasteiger partial charge in [-0.3, -0.25) is 18.6 Å². The van der Waals surface area contributed by atoms with Crippen LogP contribution in [0.4, 0.5) is 0 Å². The van der Waals surface area contributed by atoms with E-state index in [0.29, 0.717) is 22.2 Å². The van der Waals surface area contributed by atoms with Crippen LogP contribution in [0.1, 0.15) is 40.0 Å². The molecule has 2 heterocycles. The molecule has 1 N–H and O–H groups in total. The van der Waals surface area contributed by atoms with Gasteiger partial charge in [0.15, 0.2) is 5.16 Å².